The van der Waals surface area contributed by atoms with Crippen molar-refractivity contribution >= 4 is 23.3 Å². The zero-order chi connectivity index (χ0) is 23.2. The van der Waals surface area contributed by atoms with Crippen LogP contribution in [-0.2, 0) is 16.1 Å². The molecule has 0 saturated carbocycles. The number of aryl methyl sites for hydroxylation is 1. The van der Waals surface area contributed by atoms with Gasteiger partial charge in [0.1, 0.15) is 5.75 Å². The molecule has 1 aromatic heterocycles. The van der Waals surface area contributed by atoms with Gasteiger partial charge in [0.25, 0.3) is 12.4 Å². The summed E-state index contributed by atoms with van der Waals surface area (Å²) in [5.74, 6) is 0.395. The van der Waals surface area contributed by atoms with Crippen LogP contribution in [0.2, 0.25) is 0 Å². The molecule has 0 spiro atoms. The molecule has 0 unspecified atom stereocenters. The lowest BCUT2D eigenvalue weighted by atomic mass is 10.0. The molecule has 4 aromatic rings. The normalized spacial score (nSPS) is 10.8. The zero-order valence-electron chi connectivity index (χ0n) is 18.6. The fraction of sp³-hybridized carbons (Fsp3) is 0.192. The number of aromatic nitrogens is 2. The lowest BCUT2D eigenvalue weighted by Gasteiger charge is -2.09. The average molecular weight is 444 g/mol. The van der Waals surface area contributed by atoms with Gasteiger partial charge in [-0.1, -0.05) is 42.5 Å². The molecule has 4 rings (SSSR count). The van der Waals surface area contributed by atoms with E-state index in [4.69, 9.17) is 9.47 Å². The molecule has 0 radical (unpaired) electrons. The van der Waals surface area contributed by atoms with Gasteiger partial charge in [-0.3, -0.25) is 14.3 Å². The topological polar surface area (TPSA) is 82.4 Å². The van der Waals surface area contributed by atoms with E-state index in [1.54, 1.807) is 13.2 Å². The van der Waals surface area contributed by atoms with Crippen molar-refractivity contribution in [1.29, 1.82) is 0 Å². The van der Waals surface area contributed by atoms with Crippen LogP contribution in [-0.4, -0.2) is 42.4 Å². The third kappa shape index (κ3) is 4.94. The summed E-state index contributed by atoms with van der Waals surface area (Å²) in [6.45, 7) is 3.91. The minimum absolute atomic E-state index is 0.129. The minimum atomic E-state index is -0.129. The highest BCUT2D eigenvalue weighted by Gasteiger charge is 2.12. The number of carbonyl (C=O) groups excluding carboxylic acids is 2. The molecule has 1 amide bonds. The lowest BCUT2D eigenvalue weighted by molar-refractivity contribution is -0.120. The van der Waals surface area contributed by atoms with Gasteiger partial charge in [-0.05, 0) is 42.3 Å². The number of nitrogens with zero attached hydrogens (tertiary/aromatic N) is 2. The first-order valence-corrected chi connectivity index (χ1v) is 10.6. The van der Waals surface area contributed by atoms with Crippen LogP contribution < -0.4 is 10.1 Å². The van der Waals surface area contributed by atoms with Gasteiger partial charge in [0.05, 0.1) is 24.4 Å². The fourth-order valence-corrected chi connectivity index (χ4v) is 3.79. The van der Waals surface area contributed by atoms with E-state index in [1.165, 1.54) is 0 Å². The summed E-state index contributed by atoms with van der Waals surface area (Å²) < 4.78 is 12.0. The maximum atomic E-state index is 12.4. The van der Waals surface area contributed by atoms with Crippen molar-refractivity contribution < 1.29 is 19.1 Å². The molecule has 0 aliphatic heterocycles. The van der Waals surface area contributed by atoms with Gasteiger partial charge in [-0.25, -0.2) is 0 Å². The highest BCUT2D eigenvalue weighted by atomic mass is 16.5. The van der Waals surface area contributed by atoms with Crippen molar-refractivity contribution in [3.63, 3.8) is 0 Å². The molecule has 1 heterocycles. The first-order chi connectivity index (χ1) is 16.1. The smallest absolute Gasteiger partial charge is 0.298 e. The van der Waals surface area contributed by atoms with Gasteiger partial charge < -0.3 is 14.8 Å². The van der Waals surface area contributed by atoms with Gasteiger partial charge >= 0.3 is 0 Å². The van der Waals surface area contributed by atoms with E-state index in [0.29, 0.717) is 37.5 Å². The largest absolute Gasteiger partial charge is 0.428 e. The van der Waals surface area contributed by atoms with Gasteiger partial charge in [-0.2, -0.15) is 5.10 Å². The predicted molar refractivity (Wildman–Crippen MR) is 126 cm³/mol. The van der Waals surface area contributed by atoms with Crippen molar-refractivity contribution in [2.75, 3.05) is 20.3 Å². The lowest BCUT2D eigenvalue weighted by Crippen LogP contribution is -2.26. The molecule has 0 aliphatic rings. The Morgan fingerprint density at radius 1 is 1.09 bits per heavy atom. The van der Waals surface area contributed by atoms with Crippen molar-refractivity contribution in [2.24, 2.45) is 0 Å². The van der Waals surface area contributed by atoms with Crippen LogP contribution >= 0.6 is 0 Å². The third-order valence-corrected chi connectivity index (χ3v) is 5.45. The maximum Gasteiger partial charge on any atom is 0.298 e. The molecule has 0 aliphatic carbocycles. The number of nitrogens with one attached hydrogen (secondary N) is 1. The minimum Gasteiger partial charge on any atom is -0.428 e. The summed E-state index contributed by atoms with van der Waals surface area (Å²) in [6.07, 6.45) is 0. The number of benzene rings is 3. The second-order valence-electron chi connectivity index (χ2n) is 7.63. The average Bonchev–Trinajstić information content (AvgIpc) is 3.15. The Morgan fingerprint density at radius 3 is 2.64 bits per heavy atom. The second-order valence-corrected chi connectivity index (χ2v) is 7.63. The van der Waals surface area contributed by atoms with Crippen LogP contribution in [0.3, 0.4) is 0 Å². The molecule has 168 valence electrons. The molecule has 7 heteroatoms. The monoisotopic (exact) mass is 443 g/mol. The van der Waals surface area contributed by atoms with Gasteiger partial charge in [0.2, 0.25) is 0 Å². The van der Waals surface area contributed by atoms with E-state index >= 15 is 0 Å². The Balaban J connectivity index is 1.54. The Hall–Kier alpha value is -3.97. The Morgan fingerprint density at radius 2 is 1.88 bits per heavy atom. The number of para-hydroxylation sites is 1. The molecule has 1 N–H and O–H groups in total. The van der Waals surface area contributed by atoms with E-state index in [2.05, 4.69) is 10.4 Å². The fourth-order valence-electron chi connectivity index (χ4n) is 3.79. The Labute approximate surface area is 191 Å². The first-order valence-electron chi connectivity index (χ1n) is 10.6. The van der Waals surface area contributed by atoms with Crippen molar-refractivity contribution in [3.05, 3.63) is 83.6 Å². The Kier molecular flexibility index (Phi) is 6.80. The summed E-state index contributed by atoms with van der Waals surface area (Å²) >= 11 is 0. The number of amides is 1. The SMILES string of the molecule is COCCNC(=O)c1ccc2c(c1)c(C)nn2Cc1ccc(-c2ccccc2OC=O)cc1. The van der Waals surface area contributed by atoms with Crippen molar-refractivity contribution in [3.8, 4) is 16.9 Å². The van der Waals surface area contributed by atoms with Crippen molar-refractivity contribution in [1.82, 2.24) is 15.1 Å². The van der Waals surface area contributed by atoms with E-state index in [9.17, 15) is 9.59 Å². The molecular weight excluding hydrogens is 418 g/mol. The highest BCUT2D eigenvalue weighted by molar-refractivity contribution is 5.98. The number of carbonyl (C=O) groups is 2. The van der Waals surface area contributed by atoms with Crippen LogP contribution in [0.4, 0.5) is 0 Å². The highest BCUT2D eigenvalue weighted by Crippen LogP contribution is 2.30. The van der Waals surface area contributed by atoms with E-state index < -0.39 is 0 Å². The number of hydrogen-bond acceptors (Lipinski definition) is 5. The summed E-state index contributed by atoms with van der Waals surface area (Å²) in [6, 6.07) is 21.1. The van der Waals surface area contributed by atoms with E-state index in [1.807, 2.05) is 72.3 Å². The number of ether oxygens (including phenoxy) is 2. The number of fused-ring (bicyclic) bond motifs is 1. The van der Waals surface area contributed by atoms with Crippen LogP contribution in [0.1, 0.15) is 21.6 Å². The molecule has 0 atom stereocenters. The molecule has 0 bridgehead atoms. The zero-order valence-corrected chi connectivity index (χ0v) is 18.6. The van der Waals surface area contributed by atoms with Gasteiger partial charge in [0.15, 0.2) is 0 Å². The third-order valence-electron chi connectivity index (χ3n) is 5.45. The first kappa shape index (κ1) is 22.2. The number of methoxy groups -OCH3 is 1. The van der Waals surface area contributed by atoms with Crippen LogP contribution in [0, 0.1) is 6.92 Å². The summed E-state index contributed by atoms with van der Waals surface area (Å²) in [4.78, 5) is 23.1. The van der Waals surface area contributed by atoms with Crippen LogP contribution in [0.15, 0.2) is 66.7 Å². The van der Waals surface area contributed by atoms with Crippen LogP contribution in [0.5, 0.6) is 5.75 Å². The quantitative estimate of drug-likeness (QED) is 0.313. The van der Waals surface area contributed by atoms with E-state index in [0.717, 1.165) is 33.3 Å². The Bertz CT molecular complexity index is 1280. The number of hydrogen-bond donors (Lipinski definition) is 1. The van der Waals surface area contributed by atoms with Gasteiger partial charge in [-0.15, -0.1) is 0 Å². The molecule has 33 heavy (non-hydrogen) atoms. The van der Waals surface area contributed by atoms with Gasteiger partial charge in [0, 0.05) is 30.2 Å². The molecule has 0 saturated heterocycles. The molecule has 0 fully saturated rings. The van der Waals surface area contributed by atoms with Crippen LogP contribution in [0.25, 0.3) is 22.0 Å². The maximum absolute atomic E-state index is 12.4. The molecule has 7 nitrogen and oxygen atoms in total. The van der Waals surface area contributed by atoms with Crippen molar-refractivity contribution in [2.45, 2.75) is 13.5 Å². The summed E-state index contributed by atoms with van der Waals surface area (Å²) in [5, 5.41) is 8.48. The summed E-state index contributed by atoms with van der Waals surface area (Å²) in [7, 11) is 1.60. The predicted octanol–water partition coefficient (Wildman–Crippen LogP) is 3.97. The summed E-state index contributed by atoms with van der Waals surface area (Å²) in [5.41, 5.74) is 5.33. The molecule has 3 aromatic carbocycles. The molecular formula is C26H25N3O4. The van der Waals surface area contributed by atoms with E-state index in [-0.39, 0.29) is 5.91 Å². The standard InChI is InChI=1S/C26H25N3O4/c1-18-23-15-21(26(31)27-13-14-32-2)11-12-24(23)29(28-18)16-19-7-9-20(10-8-19)22-5-3-4-6-25(22)33-17-30/h3-12,15,17H,13-14,16H2,1-2H3,(H,27,31). The number of rotatable bonds is 9. The second kappa shape index (κ2) is 10.1.